The predicted octanol–water partition coefficient (Wildman–Crippen LogP) is 7.14. The largest absolute Gasteiger partial charge is 0.435 e. The van der Waals surface area contributed by atoms with Crippen molar-refractivity contribution in [1.82, 2.24) is 4.98 Å². The number of carbonyl (C=O) groups is 1. The van der Waals surface area contributed by atoms with Gasteiger partial charge in [0, 0.05) is 16.1 Å². The molecule has 0 bridgehead atoms. The second kappa shape index (κ2) is 8.50. The minimum Gasteiger partial charge on any atom is -0.435 e. The first-order valence-electron chi connectivity index (χ1n) is 10.0. The Morgan fingerprint density at radius 1 is 1.17 bits per heavy atom. The molecule has 0 N–H and O–H groups in total. The van der Waals surface area contributed by atoms with Gasteiger partial charge in [-0.3, -0.25) is 4.79 Å². The molecule has 4 nitrogen and oxygen atoms in total. The summed E-state index contributed by atoms with van der Waals surface area (Å²) in [5, 5.41) is 0.709. The Balaban J connectivity index is 1.82. The van der Waals surface area contributed by atoms with E-state index in [0.717, 1.165) is 16.6 Å². The summed E-state index contributed by atoms with van der Waals surface area (Å²) < 4.78 is 12.2. The highest BCUT2D eigenvalue weighted by molar-refractivity contribution is 6.74. The summed E-state index contributed by atoms with van der Waals surface area (Å²) in [6.07, 6.45) is 2.85. The lowest BCUT2D eigenvalue weighted by atomic mass is 10.1. The minimum atomic E-state index is -2.01. The van der Waals surface area contributed by atoms with Gasteiger partial charge in [0.1, 0.15) is 11.6 Å². The van der Waals surface area contributed by atoms with Crippen LogP contribution in [-0.4, -0.2) is 25.2 Å². The molecule has 0 saturated heterocycles. The smallest absolute Gasteiger partial charge is 0.227 e. The molecule has 1 unspecified atom stereocenters. The average Bonchev–Trinajstić information content (AvgIpc) is 3.10. The predicted molar refractivity (Wildman–Crippen MR) is 126 cm³/mol. The molecule has 1 aromatic heterocycles. The fraction of sp³-hybridized carbons (Fsp3) is 0.333. The van der Waals surface area contributed by atoms with Gasteiger partial charge in [-0.1, -0.05) is 44.5 Å². The van der Waals surface area contributed by atoms with Crippen LogP contribution in [0, 0.1) is 0 Å². The van der Waals surface area contributed by atoms with Crippen LogP contribution < -0.4 is 0 Å². The number of ketones is 1. The normalized spacial score (nSPS) is 13.8. The molecule has 0 spiro atoms. The van der Waals surface area contributed by atoms with Crippen molar-refractivity contribution in [3.8, 4) is 11.5 Å². The number of oxazole rings is 1. The van der Waals surface area contributed by atoms with E-state index in [1.807, 2.05) is 37.3 Å². The van der Waals surface area contributed by atoms with Crippen molar-refractivity contribution in [1.29, 1.82) is 0 Å². The lowest BCUT2D eigenvalue weighted by Crippen LogP contribution is -2.44. The Bertz CT molecular complexity index is 1080. The number of carbonyl (C=O) groups excluding carboxylic acids is 1. The van der Waals surface area contributed by atoms with Gasteiger partial charge in [-0.2, -0.15) is 0 Å². The third kappa shape index (κ3) is 4.91. The Morgan fingerprint density at radius 3 is 2.47 bits per heavy atom. The first kappa shape index (κ1) is 22.5. The van der Waals surface area contributed by atoms with E-state index in [1.54, 1.807) is 24.3 Å². The average molecular weight is 442 g/mol. The number of para-hydroxylation sites is 1. The van der Waals surface area contributed by atoms with Gasteiger partial charge in [0.25, 0.3) is 0 Å². The topological polar surface area (TPSA) is 52.3 Å². The maximum absolute atomic E-state index is 12.7. The Hall–Kier alpha value is -2.21. The maximum atomic E-state index is 12.7. The summed E-state index contributed by atoms with van der Waals surface area (Å²) in [5.74, 6) is 0.456. The summed E-state index contributed by atoms with van der Waals surface area (Å²) in [6, 6.07) is 13.0. The Kier molecular flexibility index (Phi) is 6.36. The zero-order chi connectivity index (χ0) is 22.1. The molecule has 0 aliphatic carbocycles. The van der Waals surface area contributed by atoms with Crippen molar-refractivity contribution in [3.05, 3.63) is 59.1 Å². The van der Waals surface area contributed by atoms with Gasteiger partial charge < -0.3 is 8.84 Å². The first-order chi connectivity index (χ1) is 14.0. The molecule has 6 heteroatoms. The number of rotatable bonds is 6. The van der Waals surface area contributed by atoms with Gasteiger partial charge in [0.15, 0.2) is 19.7 Å². The molecular weight excluding hydrogens is 414 g/mol. The first-order valence-corrected chi connectivity index (χ1v) is 13.3. The van der Waals surface area contributed by atoms with Crippen molar-refractivity contribution in [3.63, 3.8) is 0 Å². The molecule has 3 aromatic rings. The van der Waals surface area contributed by atoms with Crippen LogP contribution >= 0.6 is 11.6 Å². The van der Waals surface area contributed by atoms with Crippen LogP contribution in [0.1, 0.15) is 33.3 Å². The SMILES string of the molecule is CC(O[Si](C)(C)C(C)(C)C)C(=O)C=Cc1cccc2nc(-c3ccc(Cl)cc3)oc12. The molecule has 2 aromatic carbocycles. The van der Waals surface area contributed by atoms with E-state index in [-0.39, 0.29) is 10.8 Å². The lowest BCUT2D eigenvalue weighted by molar-refractivity contribution is -0.120. The Morgan fingerprint density at radius 2 is 1.83 bits per heavy atom. The fourth-order valence-corrected chi connectivity index (χ4v) is 4.28. The quantitative estimate of drug-likeness (QED) is 0.301. The van der Waals surface area contributed by atoms with Gasteiger partial charge in [-0.05, 0) is 67.5 Å². The van der Waals surface area contributed by atoms with Crippen LogP contribution in [0.25, 0.3) is 28.6 Å². The van der Waals surface area contributed by atoms with E-state index >= 15 is 0 Å². The number of hydrogen-bond acceptors (Lipinski definition) is 4. The van der Waals surface area contributed by atoms with Crippen molar-refractivity contribution in [2.45, 2.75) is 51.9 Å². The van der Waals surface area contributed by atoms with Crippen LogP contribution in [0.15, 0.2) is 53.0 Å². The lowest BCUT2D eigenvalue weighted by Gasteiger charge is -2.37. The number of halogens is 1. The molecule has 158 valence electrons. The van der Waals surface area contributed by atoms with Crippen molar-refractivity contribution < 1.29 is 13.6 Å². The van der Waals surface area contributed by atoms with E-state index in [0.29, 0.717) is 16.5 Å². The number of aromatic nitrogens is 1. The van der Waals surface area contributed by atoms with Crippen molar-refractivity contribution in [2.24, 2.45) is 0 Å². The van der Waals surface area contributed by atoms with Gasteiger partial charge in [-0.25, -0.2) is 4.98 Å². The molecule has 0 aliphatic heterocycles. The molecule has 0 amide bonds. The third-order valence-electron chi connectivity index (χ3n) is 5.64. The van der Waals surface area contributed by atoms with Gasteiger partial charge in [0.05, 0.1) is 0 Å². The third-order valence-corrected chi connectivity index (χ3v) is 10.4. The highest BCUT2D eigenvalue weighted by Gasteiger charge is 2.39. The van der Waals surface area contributed by atoms with E-state index in [1.165, 1.54) is 0 Å². The Labute approximate surface area is 184 Å². The maximum Gasteiger partial charge on any atom is 0.227 e. The standard InChI is InChI=1S/C24H28ClNO3Si/c1-16(29-30(5,6)24(2,3)4)21(27)15-12-17-8-7-9-20-22(17)28-23(26-20)18-10-13-19(25)14-11-18/h7-16H,1-6H3. The minimum absolute atomic E-state index is 0.0504. The number of fused-ring (bicyclic) bond motifs is 1. The zero-order valence-electron chi connectivity index (χ0n) is 18.3. The molecule has 0 aliphatic rings. The van der Waals surface area contributed by atoms with Crippen LogP contribution in [0.5, 0.6) is 0 Å². The van der Waals surface area contributed by atoms with E-state index < -0.39 is 14.4 Å². The molecule has 0 saturated carbocycles. The van der Waals surface area contributed by atoms with Gasteiger partial charge in [-0.15, -0.1) is 0 Å². The monoisotopic (exact) mass is 441 g/mol. The number of nitrogens with zero attached hydrogens (tertiary/aromatic N) is 1. The molecular formula is C24H28ClNO3Si. The molecule has 1 heterocycles. The second-order valence-electron chi connectivity index (χ2n) is 8.98. The van der Waals surface area contributed by atoms with Crippen LogP contribution in [-0.2, 0) is 9.22 Å². The van der Waals surface area contributed by atoms with E-state index in [9.17, 15) is 4.79 Å². The second-order valence-corrected chi connectivity index (χ2v) is 14.2. The molecule has 30 heavy (non-hydrogen) atoms. The molecule has 0 fully saturated rings. The van der Waals surface area contributed by atoms with Crippen LogP contribution in [0.2, 0.25) is 23.2 Å². The van der Waals surface area contributed by atoms with Crippen LogP contribution in [0.3, 0.4) is 0 Å². The fourth-order valence-electron chi connectivity index (χ4n) is 2.80. The highest BCUT2D eigenvalue weighted by atomic mass is 35.5. The molecule has 0 radical (unpaired) electrons. The summed E-state index contributed by atoms with van der Waals surface area (Å²) >= 11 is 5.96. The summed E-state index contributed by atoms with van der Waals surface area (Å²) in [7, 11) is -2.01. The highest BCUT2D eigenvalue weighted by Crippen LogP contribution is 2.37. The zero-order valence-corrected chi connectivity index (χ0v) is 20.1. The molecule has 1 atom stereocenters. The van der Waals surface area contributed by atoms with Gasteiger partial charge >= 0.3 is 0 Å². The number of hydrogen-bond donors (Lipinski definition) is 0. The summed E-state index contributed by atoms with van der Waals surface area (Å²) in [5.41, 5.74) is 3.02. The van der Waals surface area contributed by atoms with E-state index in [2.05, 4.69) is 38.8 Å². The summed E-state index contributed by atoms with van der Waals surface area (Å²) in [4.78, 5) is 17.2. The summed E-state index contributed by atoms with van der Waals surface area (Å²) in [6.45, 7) is 12.6. The van der Waals surface area contributed by atoms with E-state index in [4.69, 9.17) is 20.4 Å². The van der Waals surface area contributed by atoms with Gasteiger partial charge in [0.2, 0.25) is 5.89 Å². The van der Waals surface area contributed by atoms with Crippen molar-refractivity contribution >= 4 is 42.9 Å². The van der Waals surface area contributed by atoms with Crippen molar-refractivity contribution in [2.75, 3.05) is 0 Å². The number of benzene rings is 2. The van der Waals surface area contributed by atoms with Crippen LogP contribution in [0.4, 0.5) is 0 Å². The molecule has 3 rings (SSSR count).